The van der Waals surface area contributed by atoms with Crippen LogP contribution in [0.1, 0.15) is 27.0 Å². The number of halogens is 3. The molecule has 3 aromatic carbocycles. The van der Waals surface area contributed by atoms with E-state index in [9.17, 15) is 22.8 Å². The highest BCUT2D eigenvalue weighted by atomic mass is 19.4. The molecule has 0 saturated carbocycles. The van der Waals surface area contributed by atoms with E-state index in [-0.39, 0.29) is 0 Å². The second-order valence-electron chi connectivity index (χ2n) is 8.43. The molecule has 1 N–H and O–H groups in total. The van der Waals surface area contributed by atoms with Gasteiger partial charge in [-0.25, -0.2) is 0 Å². The van der Waals surface area contributed by atoms with Gasteiger partial charge < -0.3 is 9.88 Å². The molecule has 4 aromatic rings. The zero-order chi connectivity index (χ0) is 25.9. The smallest absolute Gasteiger partial charge is 0.335 e. The molecule has 0 spiro atoms. The predicted molar refractivity (Wildman–Crippen MR) is 134 cm³/mol. The van der Waals surface area contributed by atoms with Crippen LogP contribution in [0.2, 0.25) is 0 Å². The minimum atomic E-state index is -4.44. The van der Waals surface area contributed by atoms with E-state index in [4.69, 9.17) is 0 Å². The molecule has 0 atom stereocenters. The number of aromatic nitrogens is 1. The van der Waals surface area contributed by atoms with Crippen molar-refractivity contribution < 1.29 is 22.8 Å². The topological polar surface area (TPSA) is 54.3 Å². The Kier molecular flexibility index (Phi) is 6.96. The van der Waals surface area contributed by atoms with Gasteiger partial charge in [-0.05, 0) is 47.4 Å². The Morgan fingerprint density at radius 1 is 1.00 bits per heavy atom. The zero-order valence-corrected chi connectivity index (χ0v) is 19.7. The van der Waals surface area contributed by atoms with Crippen LogP contribution in [0.5, 0.6) is 0 Å². The van der Waals surface area contributed by atoms with Crippen molar-refractivity contribution in [2.45, 2.75) is 19.6 Å². The van der Waals surface area contributed by atoms with E-state index in [1.165, 1.54) is 12.1 Å². The average Bonchev–Trinajstić information content (AvgIpc) is 3.22. The van der Waals surface area contributed by atoms with Crippen molar-refractivity contribution in [3.05, 3.63) is 107 Å². The van der Waals surface area contributed by atoms with Gasteiger partial charge in [-0.1, -0.05) is 54.6 Å². The highest BCUT2D eigenvalue weighted by molar-refractivity contribution is 6.09. The van der Waals surface area contributed by atoms with Gasteiger partial charge in [-0.15, -0.1) is 0 Å². The van der Waals surface area contributed by atoms with Crippen LogP contribution in [0.4, 0.5) is 24.7 Å². The summed E-state index contributed by atoms with van der Waals surface area (Å²) in [5, 5.41) is 2.84. The maximum absolute atomic E-state index is 13.1. The molecule has 0 fully saturated rings. The molecule has 36 heavy (non-hydrogen) atoms. The molecule has 0 radical (unpaired) electrons. The molecule has 4 rings (SSSR count). The lowest BCUT2D eigenvalue weighted by molar-refractivity contribution is -0.137. The fraction of sp³-hybridized carbons (Fsp3) is 0.143. The number of nitrogens with zero attached hydrogens (tertiary/aromatic N) is 2. The van der Waals surface area contributed by atoms with E-state index in [1.807, 2.05) is 31.2 Å². The standard InChI is InChI=1S/C28H24F3N3O2/c1-19-7-3-4-8-21(19)16-34(18-35)26-15-23(17-33(26)2)32-27(36)25-10-6-5-9-24(25)20-11-13-22(14-12-20)28(29,30)31/h3-15,17-18H,16H2,1-2H3,(H,32,36). The van der Waals surface area contributed by atoms with Crippen molar-refractivity contribution in [3.63, 3.8) is 0 Å². The maximum atomic E-state index is 13.1. The number of alkyl halides is 3. The molecular weight excluding hydrogens is 467 g/mol. The third-order valence-corrected chi connectivity index (χ3v) is 5.95. The Morgan fingerprint density at radius 2 is 1.67 bits per heavy atom. The maximum Gasteiger partial charge on any atom is 0.416 e. The van der Waals surface area contributed by atoms with Crippen LogP contribution in [0.3, 0.4) is 0 Å². The number of amides is 2. The largest absolute Gasteiger partial charge is 0.416 e. The number of anilines is 2. The monoisotopic (exact) mass is 491 g/mol. The first-order valence-electron chi connectivity index (χ1n) is 11.2. The first-order valence-corrected chi connectivity index (χ1v) is 11.2. The number of aryl methyl sites for hydroxylation is 2. The first-order chi connectivity index (χ1) is 17.2. The van der Waals surface area contributed by atoms with E-state index in [1.54, 1.807) is 53.0 Å². The fourth-order valence-electron chi connectivity index (χ4n) is 4.02. The number of hydrogen-bond donors (Lipinski definition) is 1. The molecule has 0 aliphatic carbocycles. The Morgan fingerprint density at radius 3 is 2.33 bits per heavy atom. The van der Waals surface area contributed by atoms with Crippen LogP contribution in [0, 0.1) is 6.92 Å². The van der Waals surface area contributed by atoms with Crippen molar-refractivity contribution in [3.8, 4) is 11.1 Å². The number of benzene rings is 3. The summed E-state index contributed by atoms with van der Waals surface area (Å²) < 4.78 is 40.6. The molecule has 8 heteroatoms. The van der Waals surface area contributed by atoms with Gasteiger partial charge >= 0.3 is 6.18 Å². The number of carbonyl (C=O) groups excluding carboxylic acids is 2. The number of rotatable bonds is 7. The van der Waals surface area contributed by atoms with Gasteiger partial charge in [0.1, 0.15) is 5.82 Å². The third kappa shape index (κ3) is 5.33. The Bertz CT molecular complexity index is 1390. The minimum absolute atomic E-state index is 0.315. The van der Waals surface area contributed by atoms with Crippen LogP contribution < -0.4 is 10.2 Å². The normalized spacial score (nSPS) is 11.2. The SMILES string of the molecule is Cc1ccccc1CN(C=O)c1cc(NC(=O)c2ccccc2-c2ccc(C(F)(F)F)cc2)cn1C. The van der Waals surface area contributed by atoms with Crippen LogP contribution in [-0.2, 0) is 24.6 Å². The Balaban J connectivity index is 1.56. The van der Waals surface area contributed by atoms with Crippen LogP contribution in [-0.4, -0.2) is 16.9 Å². The van der Waals surface area contributed by atoms with Crippen LogP contribution >= 0.6 is 0 Å². The Hall–Kier alpha value is -4.33. The van der Waals surface area contributed by atoms with E-state index >= 15 is 0 Å². The van der Waals surface area contributed by atoms with Crippen molar-refractivity contribution in [1.29, 1.82) is 0 Å². The summed E-state index contributed by atoms with van der Waals surface area (Å²) in [5.41, 5.74) is 3.11. The average molecular weight is 492 g/mol. The van der Waals surface area contributed by atoms with Crippen LogP contribution in [0.15, 0.2) is 85.1 Å². The molecule has 0 aliphatic rings. The summed E-state index contributed by atoms with van der Waals surface area (Å²) in [5.74, 6) is 0.179. The summed E-state index contributed by atoms with van der Waals surface area (Å²) in [4.78, 5) is 26.6. The van der Waals surface area contributed by atoms with Gasteiger partial charge in [0, 0.05) is 24.9 Å². The summed E-state index contributed by atoms with van der Waals surface area (Å²) in [6.45, 7) is 2.35. The highest BCUT2D eigenvalue weighted by Crippen LogP contribution is 2.32. The molecule has 184 valence electrons. The Labute approximate surface area is 206 Å². The van der Waals surface area contributed by atoms with Crippen molar-refractivity contribution in [2.75, 3.05) is 10.2 Å². The number of nitrogens with one attached hydrogen (secondary N) is 1. The fourth-order valence-corrected chi connectivity index (χ4v) is 4.02. The van der Waals surface area contributed by atoms with Crippen molar-refractivity contribution >= 4 is 23.8 Å². The lowest BCUT2D eigenvalue weighted by atomic mass is 9.98. The summed E-state index contributed by atoms with van der Waals surface area (Å²) in [6.07, 6.45) is -2.00. The van der Waals surface area contributed by atoms with E-state index in [0.29, 0.717) is 34.7 Å². The summed E-state index contributed by atoms with van der Waals surface area (Å²) in [7, 11) is 1.77. The van der Waals surface area contributed by atoms with Crippen molar-refractivity contribution in [2.24, 2.45) is 7.05 Å². The van der Waals surface area contributed by atoms with Gasteiger partial charge in [-0.2, -0.15) is 13.2 Å². The predicted octanol–water partition coefficient (Wildman–Crippen LogP) is 6.43. The third-order valence-electron chi connectivity index (χ3n) is 5.95. The molecule has 1 aromatic heterocycles. The molecule has 0 aliphatic heterocycles. The molecule has 2 amide bonds. The molecule has 5 nitrogen and oxygen atoms in total. The second-order valence-corrected chi connectivity index (χ2v) is 8.43. The van der Waals surface area contributed by atoms with Crippen molar-refractivity contribution in [1.82, 2.24) is 4.57 Å². The lowest BCUT2D eigenvalue weighted by Crippen LogP contribution is -2.23. The molecule has 0 bridgehead atoms. The quantitative estimate of drug-likeness (QED) is 0.303. The second kappa shape index (κ2) is 10.1. The van der Waals surface area contributed by atoms with Gasteiger partial charge in [0.05, 0.1) is 17.8 Å². The van der Waals surface area contributed by atoms with Gasteiger partial charge in [0.25, 0.3) is 5.91 Å². The number of carbonyl (C=O) groups is 2. The van der Waals surface area contributed by atoms with Gasteiger partial charge in [0.2, 0.25) is 6.41 Å². The summed E-state index contributed by atoms with van der Waals surface area (Å²) >= 11 is 0. The summed E-state index contributed by atoms with van der Waals surface area (Å²) in [6, 6.07) is 20.9. The van der Waals surface area contributed by atoms with E-state index in [2.05, 4.69) is 5.32 Å². The molecule has 0 saturated heterocycles. The van der Waals surface area contributed by atoms with Gasteiger partial charge in [0.15, 0.2) is 0 Å². The van der Waals surface area contributed by atoms with E-state index in [0.717, 1.165) is 29.7 Å². The minimum Gasteiger partial charge on any atom is -0.335 e. The molecular formula is C28H24F3N3O2. The zero-order valence-electron chi connectivity index (χ0n) is 19.7. The lowest BCUT2D eigenvalue weighted by Gasteiger charge is -2.19. The number of hydrogen-bond acceptors (Lipinski definition) is 2. The van der Waals surface area contributed by atoms with E-state index < -0.39 is 17.6 Å². The first kappa shape index (κ1) is 24.8. The van der Waals surface area contributed by atoms with Gasteiger partial charge in [-0.3, -0.25) is 14.5 Å². The molecule has 1 heterocycles. The van der Waals surface area contributed by atoms with Crippen LogP contribution in [0.25, 0.3) is 11.1 Å². The highest BCUT2D eigenvalue weighted by Gasteiger charge is 2.30. The molecule has 0 unspecified atom stereocenters.